The summed E-state index contributed by atoms with van der Waals surface area (Å²) in [6.45, 7) is 4.95. The number of carbonyl (C=O) groups excluding carboxylic acids is 1. The summed E-state index contributed by atoms with van der Waals surface area (Å²) in [4.78, 5) is 25.7. The Morgan fingerprint density at radius 1 is 1.37 bits per heavy atom. The molecule has 2 saturated heterocycles. The van der Waals surface area contributed by atoms with Crippen LogP contribution in [0.2, 0.25) is 0 Å². The van der Waals surface area contributed by atoms with E-state index in [4.69, 9.17) is 5.11 Å². The van der Waals surface area contributed by atoms with Crippen molar-refractivity contribution in [3.05, 3.63) is 0 Å². The van der Waals surface area contributed by atoms with Gasteiger partial charge in [-0.05, 0) is 45.2 Å². The molecule has 0 aliphatic carbocycles. The average Bonchev–Trinajstić information content (AvgIpc) is 2.47. The van der Waals surface area contributed by atoms with E-state index in [-0.39, 0.29) is 17.2 Å². The lowest BCUT2D eigenvalue weighted by Crippen LogP contribution is -2.52. The molecule has 1 atom stereocenters. The Balaban J connectivity index is 2.06. The maximum atomic E-state index is 12.8. The van der Waals surface area contributed by atoms with Gasteiger partial charge in [0.1, 0.15) is 0 Å². The predicted molar refractivity (Wildman–Crippen MR) is 71.8 cm³/mol. The highest BCUT2D eigenvalue weighted by Gasteiger charge is 2.42. The topological polar surface area (TPSA) is 69.6 Å². The molecule has 0 spiro atoms. The molecule has 5 heteroatoms. The zero-order chi connectivity index (χ0) is 13.9. The van der Waals surface area contributed by atoms with Crippen LogP contribution in [-0.2, 0) is 9.59 Å². The van der Waals surface area contributed by atoms with Crippen molar-refractivity contribution in [1.29, 1.82) is 0 Å². The van der Waals surface area contributed by atoms with Crippen molar-refractivity contribution in [2.75, 3.05) is 26.2 Å². The number of hydrogen-bond acceptors (Lipinski definition) is 3. The van der Waals surface area contributed by atoms with Crippen molar-refractivity contribution >= 4 is 11.9 Å². The second-order valence-corrected chi connectivity index (χ2v) is 5.81. The zero-order valence-corrected chi connectivity index (χ0v) is 11.7. The van der Waals surface area contributed by atoms with Crippen LogP contribution in [0.15, 0.2) is 0 Å². The number of nitrogens with one attached hydrogen (secondary N) is 1. The van der Waals surface area contributed by atoms with Crippen molar-refractivity contribution in [2.24, 2.45) is 11.3 Å². The number of carboxylic acids is 1. The third kappa shape index (κ3) is 2.91. The molecule has 0 unspecified atom stereocenters. The number of likely N-dealkylation sites (tertiary alicyclic amines) is 1. The molecule has 1 amide bonds. The summed E-state index contributed by atoms with van der Waals surface area (Å²) in [5.41, 5.74) is -0.258. The van der Waals surface area contributed by atoms with Crippen LogP contribution in [0.4, 0.5) is 0 Å². The van der Waals surface area contributed by atoms with Crippen LogP contribution in [-0.4, -0.2) is 48.1 Å². The van der Waals surface area contributed by atoms with Crippen molar-refractivity contribution < 1.29 is 14.7 Å². The van der Waals surface area contributed by atoms with E-state index in [9.17, 15) is 9.59 Å². The summed E-state index contributed by atoms with van der Waals surface area (Å²) in [5, 5.41) is 12.4. The van der Waals surface area contributed by atoms with Crippen molar-refractivity contribution in [3.63, 3.8) is 0 Å². The van der Waals surface area contributed by atoms with Gasteiger partial charge in [0.15, 0.2) is 0 Å². The van der Waals surface area contributed by atoms with Crippen LogP contribution in [0.1, 0.15) is 39.0 Å². The minimum Gasteiger partial charge on any atom is -0.481 e. The van der Waals surface area contributed by atoms with Gasteiger partial charge in [0.05, 0.1) is 11.3 Å². The van der Waals surface area contributed by atoms with Crippen molar-refractivity contribution in [3.8, 4) is 0 Å². The predicted octanol–water partition coefficient (Wildman–Crippen LogP) is 1.09. The molecule has 2 fully saturated rings. The lowest BCUT2D eigenvalue weighted by molar-refractivity contribution is -0.150. The Morgan fingerprint density at radius 3 is 2.63 bits per heavy atom. The zero-order valence-electron chi connectivity index (χ0n) is 11.7. The van der Waals surface area contributed by atoms with Gasteiger partial charge >= 0.3 is 5.97 Å². The molecule has 5 nitrogen and oxygen atoms in total. The smallest absolute Gasteiger partial charge is 0.308 e. The van der Waals surface area contributed by atoms with E-state index in [1.165, 1.54) is 0 Å². The molecule has 0 aromatic rings. The van der Waals surface area contributed by atoms with Gasteiger partial charge < -0.3 is 15.3 Å². The molecule has 2 aliphatic rings. The highest BCUT2D eigenvalue weighted by Crippen LogP contribution is 2.35. The van der Waals surface area contributed by atoms with Gasteiger partial charge in [-0.3, -0.25) is 9.59 Å². The molecule has 2 aliphatic heterocycles. The molecule has 0 bridgehead atoms. The van der Waals surface area contributed by atoms with E-state index in [0.717, 1.165) is 45.3 Å². The standard InChI is InChI=1S/C14H24N2O3/c1-2-14(5-7-15-8-6-14)13(19)16-9-3-4-11(10-16)12(17)18/h11,15H,2-10H2,1H3,(H,17,18)/t11-/m1/s1. The second kappa shape index (κ2) is 5.90. The van der Waals surface area contributed by atoms with Crippen LogP contribution < -0.4 is 5.32 Å². The number of piperidine rings is 2. The Hall–Kier alpha value is -1.10. The molecule has 2 rings (SSSR count). The molecule has 19 heavy (non-hydrogen) atoms. The molecule has 2 heterocycles. The number of carboxylic acid groups (broad SMARTS) is 1. The minimum absolute atomic E-state index is 0.183. The van der Waals surface area contributed by atoms with E-state index in [1.54, 1.807) is 4.90 Å². The lowest BCUT2D eigenvalue weighted by atomic mass is 9.75. The highest BCUT2D eigenvalue weighted by molar-refractivity contribution is 5.83. The normalized spacial score (nSPS) is 27.0. The maximum absolute atomic E-state index is 12.8. The lowest BCUT2D eigenvalue weighted by Gasteiger charge is -2.41. The van der Waals surface area contributed by atoms with Gasteiger partial charge in [0.2, 0.25) is 5.91 Å². The fourth-order valence-corrected chi connectivity index (χ4v) is 3.32. The molecule has 2 N–H and O–H groups in total. The van der Waals surface area contributed by atoms with E-state index >= 15 is 0 Å². The average molecular weight is 268 g/mol. The quantitative estimate of drug-likeness (QED) is 0.804. The first-order chi connectivity index (χ1) is 9.09. The SMILES string of the molecule is CCC1(C(=O)N2CCC[C@@H](C(=O)O)C2)CCNCC1. The summed E-state index contributed by atoms with van der Waals surface area (Å²) in [6.07, 6.45) is 4.09. The fraction of sp³-hybridized carbons (Fsp3) is 0.857. The third-order valence-electron chi connectivity index (χ3n) is 4.75. The number of amides is 1. The molecule has 0 saturated carbocycles. The number of carbonyl (C=O) groups is 2. The minimum atomic E-state index is -0.770. The molecule has 0 aromatic heterocycles. The molecular formula is C14H24N2O3. The Kier molecular flexibility index (Phi) is 4.45. The van der Waals surface area contributed by atoms with E-state index in [2.05, 4.69) is 12.2 Å². The summed E-state index contributed by atoms with van der Waals surface area (Å²) >= 11 is 0. The first-order valence-electron chi connectivity index (χ1n) is 7.32. The van der Waals surface area contributed by atoms with E-state index in [0.29, 0.717) is 13.0 Å². The molecule has 0 aromatic carbocycles. The van der Waals surface area contributed by atoms with Gasteiger partial charge in [0, 0.05) is 13.1 Å². The van der Waals surface area contributed by atoms with Crippen molar-refractivity contribution in [1.82, 2.24) is 10.2 Å². The van der Waals surface area contributed by atoms with Crippen molar-refractivity contribution in [2.45, 2.75) is 39.0 Å². The van der Waals surface area contributed by atoms with Gasteiger partial charge in [-0.15, -0.1) is 0 Å². The summed E-state index contributed by atoms with van der Waals surface area (Å²) < 4.78 is 0. The number of aliphatic carboxylic acids is 1. The Morgan fingerprint density at radius 2 is 2.05 bits per heavy atom. The van der Waals surface area contributed by atoms with Crippen LogP contribution in [0, 0.1) is 11.3 Å². The molecular weight excluding hydrogens is 244 g/mol. The van der Waals surface area contributed by atoms with Gasteiger partial charge in [-0.2, -0.15) is 0 Å². The number of hydrogen-bond donors (Lipinski definition) is 2. The first-order valence-corrected chi connectivity index (χ1v) is 7.32. The second-order valence-electron chi connectivity index (χ2n) is 5.81. The number of rotatable bonds is 3. The monoisotopic (exact) mass is 268 g/mol. The van der Waals surface area contributed by atoms with Gasteiger partial charge in [-0.25, -0.2) is 0 Å². The van der Waals surface area contributed by atoms with E-state index < -0.39 is 5.97 Å². The molecule has 0 radical (unpaired) electrons. The Bertz CT molecular complexity index is 351. The number of nitrogens with zero attached hydrogens (tertiary/aromatic N) is 1. The van der Waals surface area contributed by atoms with E-state index in [1.807, 2.05) is 0 Å². The summed E-state index contributed by atoms with van der Waals surface area (Å²) in [6, 6.07) is 0. The van der Waals surface area contributed by atoms with Gasteiger partial charge in [0.25, 0.3) is 0 Å². The Labute approximate surface area is 114 Å². The maximum Gasteiger partial charge on any atom is 0.308 e. The fourth-order valence-electron chi connectivity index (χ4n) is 3.32. The molecule has 108 valence electrons. The largest absolute Gasteiger partial charge is 0.481 e. The summed E-state index contributed by atoms with van der Waals surface area (Å²) in [5.74, 6) is -0.968. The van der Waals surface area contributed by atoms with Gasteiger partial charge in [-0.1, -0.05) is 6.92 Å². The van der Waals surface area contributed by atoms with Crippen LogP contribution in [0.5, 0.6) is 0 Å². The van der Waals surface area contributed by atoms with Crippen LogP contribution >= 0.6 is 0 Å². The van der Waals surface area contributed by atoms with Crippen LogP contribution in [0.3, 0.4) is 0 Å². The first kappa shape index (κ1) is 14.3. The summed E-state index contributed by atoms with van der Waals surface area (Å²) in [7, 11) is 0. The third-order valence-corrected chi connectivity index (χ3v) is 4.75. The highest BCUT2D eigenvalue weighted by atomic mass is 16.4. The van der Waals surface area contributed by atoms with Crippen LogP contribution in [0.25, 0.3) is 0 Å².